The van der Waals surface area contributed by atoms with Crippen molar-refractivity contribution in [1.82, 2.24) is 14.9 Å². The van der Waals surface area contributed by atoms with Crippen LogP contribution in [0, 0.1) is 0 Å². The number of nitrogens with two attached hydrogens (primary N) is 1. The molecule has 9 nitrogen and oxygen atoms in total. The molecule has 0 amide bonds. The van der Waals surface area contributed by atoms with E-state index in [1.165, 1.54) is 12.5 Å². The van der Waals surface area contributed by atoms with Gasteiger partial charge in [-0.25, -0.2) is 9.97 Å². The van der Waals surface area contributed by atoms with Crippen LogP contribution >= 0.6 is 11.6 Å². The fourth-order valence-electron chi connectivity index (χ4n) is 3.84. The van der Waals surface area contributed by atoms with Crippen molar-refractivity contribution in [3.8, 4) is 5.75 Å². The van der Waals surface area contributed by atoms with Gasteiger partial charge in [0.2, 0.25) is 0 Å². The Kier molecular flexibility index (Phi) is 9.32. The number of piperidine rings is 1. The van der Waals surface area contributed by atoms with E-state index in [-0.39, 0.29) is 11.9 Å². The summed E-state index contributed by atoms with van der Waals surface area (Å²) in [6.45, 7) is 3.66. The molecule has 0 atom stereocenters. The number of nitrogen functional groups attached to an aromatic ring is 1. The highest BCUT2D eigenvalue weighted by Crippen LogP contribution is 2.30. The van der Waals surface area contributed by atoms with E-state index in [0.29, 0.717) is 41.1 Å². The minimum absolute atomic E-state index is 0.162. The summed E-state index contributed by atoms with van der Waals surface area (Å²) in [7, 11) is 0. The molecule has 3 aromatic rings. The number of hydrogen-bond acceptors (Lipinski definition) is 9. The zero-order valence-electron chi connectivity index (χ0n) is 20.0. The van der Waals surface area contributed by atoms with Gasteiger partial charge in [-0.1, -0.05) is 47.1 Å². The average Bonchev–Trinajstić information content (AvgIpc) is 2.88. The van der Waals surface area contributed by atoms with Crippen LogP contribution in [0.3, 0.4) is 0 Å². The highest BCUT2D eigenvalue weighted by Gasteiger charge is 2.16. The van der Waals surface area contributed by atoms with Gasteiger partial charge in [-0.05, 0) is 43.0 Å². The third kappa shape index (κ3) is 7.55. The molecule has 0 saturated carbocycles. The minimum Gasteiger partial charge on any atom is -0.487 e. The number of nitrogens with one attached hydrogen (secondary N) is 1. The maximum atomic E-state index is 9.59. The Labute approximate surface area is 215 Å². The lowest BCUT2D eigenvalue weighted by Gasteiger charge is -2.29. The van der Waals surface area contributed by atoms with E-state index in [0.717, 1.165) is 44.5 Å². The number of ether oxygens (including phenoxy) is 1. The van der Waals surface area contributed by atoms with Crippen LogP contribution in [-0.2, 0) is 11.4 Å². The van der Waals surface area contributed by atoms with Crippen molar-refractivity contribution in [2.45, 2.75) is 32.0 Å². The molecule has 2 heterocycles. The molecule has 4 N–H and O–H groups in total. The Balaban J connectivity index is 1.30. The molecule has 190 valence electrons. The second-order valence-corrected chi connectivity index (χ2v) is 8.97. The van der Waals surface area contributed by atoms with Gasteiger partial charge >= 0.3 is 0 Å². The van der Waals surface area contributed by atoms with Crippen molar-refractivity contribution in [3.05, 3.63) is 71.0 Å². The van der Waals surface area contributed by atoms with Crippen LogP contribution in [0.5, 0.6) is 5.75 Å². The largest absolute Gasteiger partial charge is 0.487 e. The lowest BCUT2D eigenvalue weighted by atomic mass is 10.1. The first-order valence-corrected chi connectivity index (χ1v) is 12.4. The van der Waals surface area contributed by atoms with Crippen molar-refractivity contribution in [3.63, 3.8) is 0 Å². The number of anilines is 3. The Hall–Kier alpha value is -3.40. The van der Waals surface area contributed by atoms with Crippen LogP contribution in [-0.4, -0.2) is 58.5 Å². The molecular formula is C26H31ClN6O3. The number of benzene rings is 2. The molecule has 1 aromatic heterocycles. The monoisotopic (exact) mass is 510 g/mol. The molecule has 1 fully saturated rings. The van der Waals surface area contributed by atoms with Crippen LogP contribution in [0.4, 0.5) is 17.3 Å². The van der Waals surface area contributed by atoms with Crippen LogP contribution in [0.25, 0.3) is 0 Å². The molecule has 1 saturated heterocycles. The first kappa shape index (κ1) is 25.7. The normalized spacial score (nSPS) is 14.7. The number of oxime groups is 1. The summed E-state index contributed by atoms with van der Waals surface area (Å²) in [5, 5.41) is 17.3. The Morgan fingerprint density at radius 3 is 2.75 bits per heavy atom. The quantitative estimate of drug-likeness (QED) is 0.199. The smallest absolute Gasteiger partial charge is 0.144 e. The van der Waals surface area contributed by atoms with E-state index < -0.39 is 0 Å². The molecule has 10 heteroatoms. The van der Waals surface area contributed by atoms with E-state index in [1.807, 2.05) is 36.4 Å². The topological polar surface area (TPSA) is 118 Å². The highest BCUT2D eigenvalue weighted by atomic mass is 35.5. The average molecular weight is 511 g/mol. The van der Waals surface area contributed by atoms with Crippen molar-refractivity contribution >= 4 is 35.1 Å². The van der Waals surface area contributed by atoms with Gasteiger partial charge in [0.1, 0.15) is 36.9 Å². The minimum atomic E-state index is -0.162. The summed E-state index contributed by atoms with van der Waals surface area (Å²) in [5.41, 5.74) is 8.35. The molecule has 1 aliphatic heterocycles. The molecule has 2 aromatic carbocycles. The van der Waals surface area contributed by atoms with E-state index >= 15 is 0 Å². The predicted molar refractivity (Wildman–Crippen MR) is 142 cm³/mol. The summed E-state index contributed by atoms with van der Waals surface area (Å²) < 4.78 is 5.84. The lowest BCUT2D eigenvalue weighted by molar-refractivity contribution is 0.0733. The van der Waals surface area contributed by atoms with Crippen LogP contribution < -0.4 is 15.8 Å². The van der Waals surface area contributed by atoms with Gasteiger partial charge < -0.3 is 30.6 Å². The Bertz CT molecular complexity index is 1140. The van der Waals surface area contributed by atoms with Crippen LogP contribution in [0.15, 0.2) is 60.0 Å². The number of rotatable bonds is 11. The van der Waals surface area contributed by atoms with Crippen molar-refractivity contribution in [2.24, 2.45) is 5.16 Å². The molecule has 0 bridgehead atoms. The van der Waals surface area contributed by atoms with E-state index in [1.54, 1.807) is 12.1 Å². The van der Waals surface area contributed by atoms with E-state index in [9.17, 15) is 5.11 Å². The number of aliphatic hydroxyl groups is 1. The second-order valence-electron chi connectivity index (χ2n) is 8.56. The van der Waals surface area contributed by atoms with E-state index in [4.69, 9.17) is 26.9 Å². The van der Waals surface area contributed by atoms with Gasteiger partial charge in [-0.3, -0.25) is 0 Å². The lowest BCUT2D eigenvalue weighted by Crippen LogP contribution is -2.36. The standard InChI is InChI=1S/C26H31ClN6O3/c27-23-15-20(7-8-24(23)35-17-19-5-2-1-3-6-19)32-26-22(25(28)29-18-30-26)16-31-36-14-4-11-33-12-9-21(34)10-13-33/h1-3,5-8,15-16,18,21,34H,4,9-14,17H2,(H3,28,29,30,32)/b31-16+. The number of aliphatic hydroxyl groups excluding tert-OH is 1. The van der Waals surface area contributed by atoms with Gasteiger partial charge in [0.15, 0.2) is 0 Å². The first-order valence-electron chi connectivity index (χ1n) is 12.0. The molecule has 0 radical (unpaired) electrons. The summed E-state index contributed by atoms with van der Waals surface area (Å²) in [6.07, 6.45) is 5.23. The van der Waals surface area contributed by atoms with Gasteiger partial charge in [0.25, 0.3) is 0 Å². The number of nitrogens with zero attached hydrogens (tertiary/aromatic N) is 4. The third-order valence-corrected chi connectivity index (χ3v) is 6.17. The van der Waals surface area contributed by atoms with E-state index in [2.05, 4.69) is 25.3 Å². The predicted octanol–water partition coefficient (Wildman–Crippen LogP) is 4.23. The number of hydrogen-bond donors (Lipinski definition) is 3. The van der Waals surface area contributed by atoms with Crippen molar-refractivity contribution in [2.75, 3.05) is 37.3 Å². The summed E-state index contributed by atoms with van der Waals surface area (Å²) >= 11 is 6.44. The zero-order valence-corrected chi connectivity index (χ0v) is 20.8. The molecule has 1 aliphatic rings. The maximum absolute atomic E-state index is 9.59. The fraction of sp³-hybridized carbons (Fsp3) is 0.346. The zero-order chi connectivity index (χ0) is 25.2. The first-order chi connectivity index (χ1) is 17.6. The van der Waals surface area contributed by atoms with Gasteiger partial charge in [0.05, 0.1) is 22.9 Å². The third-order valence-electron chi connectivity index (χ3n) is 5.87. The molecule has 36 heavy (non-hydrogen) atoms. The Morgan fingerprint density at radius 2 is 1.97 bits per heavy atom. The number of aromatic nitrogens is 2. The SMILES string of the molecule is Nc1ncnc(Nc2ccc(OCc3ccccc3)c(Cl)c2)c1/C=N/OCCCN1CCC(O)CC1. The van der Waals surface area contributed by atoms with Crippen LogP contribution in [0.1, 0.15) is 30.4 Å². The van der Waals surface area contributed by atoms with Crippen LogP contribution in [0.2, 0.25) is 5.02 Å². The van der Waals surface area contributed by atoms with Gasteiger partial charge in [-0.2, -0.15) is 0 Å². The fourth-order valence-corrected chi connectivity index (χ4v) is 4.08. The number of likely N-dealkylation sites (tertiary alicyclic amines) is 1. The second kappa shape index (κ2) is 13.1. The Morgan fingerprint density at radius 1 is 1.17 bits per heavy atom. The number of halogens is 1. The van der Waals surface area contributed by atoms with Gasteiger partial charge in [-0.15, -0.1) is 0 Å². The summed E-state index contributed by atoms with van der Waals surface area (Å²) in [5.74, 6) is 1.35. The summed E-state index contributed by atoms with van der Waals surface area (Å²) in [4.78, 5) is 16.1. The molecule has 4 rings (SSSR count). The molecule has 0 spiro atoms. The van der Waals surface area contributed by atoms with Crippen molar-refractivity contribution in [1.29, 1.82) is 0 Å². The molecule has 0 aliphatic carbocycles. The highest BCUT2D eigenvalue weighted by molar-refractivity contribution is 6.32. The van der Waals surface area contributed by atoms with Gasteiger partial charge in [0, 0.05) is 25.3 Å². The maximum Gasteiger partial charge on any atom is 0.144 e. The van der Waals surface area contributed by atoms with Crippen molar-refractivity contribution < 1.29 is 14.7 Å². The molecule has 0 unspecified atom stereocenters. The molecular weight excluding hydrogens is 480 g/mol. The summed E-state index contributed by atoms with van der Waals surface area (Å²) in [6, 6.07) is 15.3.